The Labute approximate surface area is 230 Å². The van der Waals surface area contributed by atoms with Crippen LogP contribution in [0.1, 0.15) is 38.3 Å². The van der Waals surface area contributed by atoms with Gasteiger partial charge in [0.05, 0.1) is 37.4 Å². The number of carboxylic acid groups (broad SMARTS) is 1. The SMILES string of the molecule is C[C@@H](Nc1nc(N2CC(F)([C@@H]3CN(C4CC(C)(C(=O)O)C4)CCO3)C2)ncc1Cl)c1ccc(Cl)cc1Cl. The van der Waals surface area contributed by atoms with Gasteiger partial charge in [-0.05, 0) is 44.4 Å². The van der Waals surface area contributed by atoms with Crippen molar-refractivity contribution < 1.29 is 19.0 Å². The third-order valence-corrected chi connectivity index (χ3v) is 8.62. The first kappa shape index (κ1) is 26.7. The number of carboxylic acids is 1. The van der Waals surface area contributed by atoms with Crippen molar-refractivity contribution in [2.75, 3.05) is 43.0 Å². The molecule has 0 spiro atoms. The Balaban J connectivity index is 1.21. The lowest BCUT2D eigenvalue weighted by atomic mass is 9.66. The first-order valence-corrected chi connectivity index (χ1v) is 13.4. The van der Waals surface area contributed by atoms with E-state index in [-0.39, 0.29) is 25.2 Å². The molecule has 2 saturated heterocycles. The van der Waals surface area contributed by atoms with E-state index in [2.05, 4.69) is 20.2 Å². The van der Waals surface area contributed by atoms with Crippen LogP contribution in [0.5, 0.6) is 0 Å². The summed E-state index contributed by atoms with van der Waals surface area (Å²) in [7, 11) is 0. The van der Waals surface area contributed by atoms with Crippen molar-refractivity contribution in [2.24, 2.45) is 5.41 Å². The van der Waals surface area contributed by atoms with E-state index in [0.29, 0.717) is 59.4 Å². The zero-order valence-electron chi connectivity index (χ0n) is 20.6. The maximum Gasteiger partial charge on any atom is 0.309 e. The van der Waals surface area contributed by atoms with Crippen LogP contribution in [-0.2, 0) is 9.53 Å². The van der Waals surface area contributed by atoms with Crippen LogP contribution in [0.15, 0.2) is 24.4 Å². The Morgan fingerprint density at radius 2 is 2.00 bits per heavy atom. The average Bonchev–Trinajstić information content (AvgIpc) is 2.81. The van der Waals surface area contributed by atoms with Crippen molar-refractivity contribution >= 4 is 52.5 Å². The molecule has 1 aromatic heterocycles. The van der Waals surface area contributed by atoms with Crippen LogP contribution in [0, 0.1) is 5.41 Å². The highest BCUT2D eigenvalue weighted by molar-refractivity contribution is 6.35. The van der Waals surface area contributed by atoms with Gasteiger partial charge in [-0.25, -0.2) is 9.37 Å². The van der Waals surface area contributed by atoms with E-state index in [1.165, 1.54) is 6.20 Å². The largest absolute Gasteiger partial charge is 0.481 e. The number of alkyl halides is 1. The van der Waals surface area contributed by atoms with E-state index in [4.69, 9.17) is 39.5 Å². The summed E-state index contributed by atoms with van der Waals surface area (Å²) in [4.78, 5) is 24.2. The van der Waals surface area contributed by atoms with Gasteiger partial charge in [0.2, 0.25) is 5.95 Å². The maximum atomic E-state index is 15.8. The van der Waals surface area contributed by atoms with E-state index < -0.39 is 23.2 Å². The van der Waals surface area contributed by atoms with Gasteiger partial charge in [0.1, 0.15) is 11.1 Å². The van der Waals surface area contributed by atoms with Gasteiger partial charge in [-0.1, -0.05) is 40.9 Å². The number of nitrogens with one attached hydrogen (secondary N) is 1. The number of anilines is 2. The number of halogens is 4. The third-order valence-electron chi connectivity index (χ3n) is 7.78. The Morgan fingerprint density at radius 1 is 1.27 bits per heavy atom. The highest BCUT2D eigenvalue weighted by atomic mass is 35.5. The number of hydrogen-bond donors (Lipinski definition) is 2. The summed E-state index contributed by atoms with van der Waals surface area (Å²) in [5, 5.41) is 14.1. The first-order valence-electron chi connectivity index (χ1n) is 12.2. The van der Waals surface area contributed by atoms with Gasteiger partial charge in [0, 0.05) is 29.2 Å². The smallest absolute Gasteiger partial charge is 0.309 e. The molecule has 1 aromatic carbocycles. The molecule has 0 radical (unpaired) electrons. The van der Waals surface area contributed by atoms with Crippen molar-refractivity contribution in [3.8, 4) is 0 Å². The molecular weight excluding hydrogens is 544 g/mol. The third kappa shape index (κ3) is 5.21. The fourth-order valence-corrected chi connectivity index (χ4v) is 6.12. The lowest BCUT2D eigenvalue weighted by Crippen LogP contribution is -2.70. The topological polar surface area (TPSA) is 90.8 Å². The van der Waals surface area contributed by atoms with Gasteiger partial charge in [0.25, 0.3) is 0 Å². The molecule has 2 aliphatic heterocycles. The Bertz CT molecular complexity index is 1190. The number of nitrogens with zero attached hydrogens (tertiary/aromatic N) is 4. The number of ether oxygens (including phenoxy) is 1. The van der Waals surface area contributed by atoms with Crippen molar-refractivity contribution in [1.29, 1.82) is 0 Å². The summed E-state index contributed by atoms with van der Waals surface area (Å²) in [6.07, 6.45) is 2.06. The summed E-state index contributed by atoms with van der Waals surface area (Å²) in [5.74, 6) is 0.0270. The van der Waals surface area contributed by atoms with Gasteiger partial charge < -0.3 is 20.1 Å². The van der Waals surface area contributed by atoms with Crippen molar-refractivity contribution in [3.63, 3.8) is 0 Å². The zero-order valence-corrected chi connectivity index (χ0v) is 22.8. The minimum absolute atomic E-state index is 0.0999. The van der Waals surface area contributed by atoms with E-state index in [0.717, 1.165) is 5.56 Å². The number of carbonyl (C=O) groups is 1. The van der Waals surface area contributed by atoms with Gasteiger partial charge >= 0.3 is 5.97 Å². The number of aliphatic carboxylic acids is 1. The number of benzene rings is 1. The standard InChI is InChI=1S/C25H29Cl3FN5O3/c1-14(17-4-3-15(26)7-18(17)27)31-21-19(28)10-30-23(32-21)34-12-25(29,13-34)20-11-33(5-6-37-20)16-8-24(2,9-16)22(35)36/h3-4,7,10,14,16,20H,5-6,8-9,11-13H2,1-2H3,(H,35,36)(H,30,31,32)/t14-,16?,20+,24?/m1/s1. The van der Waals surface area contributed by atoms with Crippen molar-refractivity contribution in [2.45, 2.75) is 50.5 Å². The molecule has 0 bridgehead atoms. The summed E-state index contributed by atoms with van der Waals surface area (Å²) in [5.41, 5.74) is -1.39. The molecule has 3 aliphatic rings. The molecule has 5 rings (SSSR count). The molecule has 3 fully saturated rings. The van der Waals surface area contributed by atoms with Crippen LogP contribution in [0.4, 0.5) is 16.2 Å². The molecule has 200 valence electrons. The Kier molecular flexibility index (Phi) is 7.21. The van der Waals surface area contributed by atoms with Crippen LogP contribution < -0.4 is 10.2 Å². The van der Waals surface area contributed by atoms with Crippen molar-refractivity contribution in [3.05, 3.63) is 45.0 Å². The molecule has 1 aliphatic carbocycles. The fraction of sp³-hybridized carbons (Fsp3) is 0.560. The molecular formula is C25H29Cl3FN5O3. The van der Waals surface area contributed by atoms with Crippen LogP contribution in [0.25, 0.3) is 0 Å². The predicted molar refractivity (Wildman–Crippen MR) is 142 cm³/mol. The first-order chi connectivity index (χ1) is 17.5. The van der Waals surface area contributed by atoms with E-state index in [1.807, 2.05) is 13.0 Å². The quantitative estimate of drug-likeness (QED) is 0.474. The summed E-state index contributed by atoms with van der Waals surface area (Å²) in [6, 6.07) is 5.22. The van der Waals surface area contributed by atoms with Gasteiger partial charge in [-0.2, -0.15) is 4.98 Å². The molecule has 2 N–H and O–H groups in total. The van der Waals surface area contributed by atoms with Crippen molar-refractivity contribution in [1.82, 2.24) is 14.9 Å². The van der Waals surface area contributed by atoms with E-state index in [9.17, 15) is 9.90 Å². The molecule has 8 nitrogen and oxygen atoms in total. The number of rotatable bonds is 7. The summed E-state index contributed by atoms with van der Waals surface area (Å²) < 4.78 is 21.7. The molecule has 0 unspecified atom stereocenters. The molecule has 0 amide bonds. The normalized spacial score (nSPS) is 28.2. The van der Waals surface area contributed by atoms with E-state index in [1.54, 1.807) is 24.0 Å². The molecule has 3 heterocycles. The minimum Gasteiger partial charge on any atom is -0.481 e. The minimum atomic E-state index is -1.54. The molecule has 1 saturated carbocycles. The lowest BCUT2D eigenvalue weighted by molar-refractivity contribution is -0.166. The Morgan fingerprint density at radius 3 is 2.68 bits per heavy atom. The molecule has 37 heavy (non-hydrogen) atoms. The average molecular weight is 573 g/mol. The molecule has 2 aromatic rings. The van der Waals surface area contributed by atoms with Crippen LogP contribution in [0.2, 0.25) is 15.1 Å². The number of hydrogen-bond acceptors (Lipinski definition) is 7. The highest BCUT2D eigenvalue weighted by Gasteiger charge is 2.55. The summed E-state index contributed by atoms with van der Waals surface area (Å²) >= 11 is 18.7. The monoisotopic (exact) mass is 571 g/mol. The Hall–Kier alpha value is -1.91. The second-order valence-corrected chi connectivity index (χ2v) is 11.8. The molecule has 2 atom stereocenters. The van der Waals surface area contributed by atoms with Gasteiger partial charge in [0.15, 0.2) is 11.5 Å². The van der Waals surface area contributed by atoms with Crippen LogP contribution in [0.3, 0.4) is 0 Å². The highest BCUT2D eigenvalue weighted by Crippen LogP contribution is 2.45. The predicted octanol–water partition coefficient (Wildman–Crippen LogP) is 5.09. The maximum absolute atomic E-state index is 15.8. The zero-order chi connectivity index (χ0) is 26.5. The number of aromatic nitrogens is 2. The second kappa shape index (κ2) is 10.0. The fourth-order valence-electron chi connectivity index (χ4n) is 5.41. The summed E-state index contributed by atoms with van der Waals surface area (Å²) in [6.45, 7) is 5.44. The van der Waals surface area contributed by atoms with Gasteiger partial charge in [-0.15, -0.1) is 0 Å². The second-order valence-electron chi connectivity index (χ2n) is 10.6. The van der Waals surface area contributed by atoms with Crippen LogP contribution in [-0.4, -0.2) is 76.5 Å². The lowest BCUT2D eigenvalue weighted by Gasteiger charge is -2.54. The van der Waals surface area contributed by atoms with Crippen LogP contribution >= 0.6 is 34.8 Å². The van der Waals surface area contributed by atoms with Gasteiger partial charge in [-0.3, -0.25) is 9.69 Å². The van der Waals surface area contributed by atoms with E-state index >= 15 is 4.39 Å². The number of morpholine rings is 1. The molecule has 12 heteroatoms.